The number of benzene rings is 2. The van der Waals surface area contributed by atoms with Gasteiger partial charge in [0.15, 0.2) is 0 Å². The summed E-state index contributed by atoms with van der Waals surface area (Å²) in [4.78, 5) is 30.1. The molecule has 2 amide bonds. The lowest BCUT2D eigenvalue weighted by atomic mass is 9.83. The molecular weight excluding hydrogens is 520 g/mol. The van der Waals surface area contributed by atoms with Crippen LogP contribution in [0.25, 0.3) is 0 Å². The summed E-state index contributed by atoms with van der Waals surface area (Å²) in [6.07, 6.45) is 2.00. The number of hydrogen-bond acceptors (Lipinski definition) is 3. The van der Waals surface area contributed by atoms with Crippen LogP contribution >= 0.6 is 11.6 Å². The van der Waals surface area contributed by atoms with Crippen LogP contribution in [0.1, 0.15) is 88.4 Å². The molecule has 0 radical (unpaired) electrons. The van der Waals surface area contributed by atoms with Crippen LogP contribution < -0.4 is 5.32 Å². The lowest BCUT2D eigenvalue weighted by Gasteiger charge is -2.36. The number of amides is 2. The predicted octanol–water partition coefficient (Wildman–Crippen LogP) is 6.43. The van der Waals surface area contributed by atoms with E-state index in [1.54, 1.807) is 0 Å². The highest BCUT2D eigenvalue weighted by Crippen LogP contribution is 2.40. The van der Waals surface area contributed by atoms with E-state index in [0.717, 1.165) is 30.0 Å². The van der Waals surface area contributed by atoms with E-state index in [-0.39, 0.29) is 35.2 Å². The van der Waals surface area contributed by atoms with E-state index < -0.39 is 17.6 Å². The molecule has 4 rings (SSSR count). The molecule has 0 saturated carbocycles. The molecule has 212 valence electrons. The van der Waals surface area contributed by atoms with Gasteiger partial charge in [0.25, 0.3) is 0 Å². The van der Waals surface area contributed by atoms with E-state index in [1.165, 1.54) is 12.1 Å². The van der Waals surface area contributed by atoms with Crippen LogP contribution in [0, 0.1) is 17.6 Å². The van der Waals surface area contributed by atoms with Crippen molar-refractivity contribution in [1.82, 2.24) is 15.1 Å². The summed E-state index contributed by atoms with van der Waals surface area (Å²) < 4.78 is 28.5. The van der Waals surface area contributed by atoms with Gasteiger partial charge in [0.2, 0.25) is 11.8 Å². The molecule has 0 aliphatic carbocycles. The summed E-state index contributed by atoms with van der Waals surface area (Å²) in [6, 6.07) is 9.37. The van der Waals surface area contributed by atoms with Crippen LogP contribution in [0.2, 0.25) is 5.02 Å². The summed E-state index contributed by atoms with van der Waals surface area (Å²) in [5.41, 5.74) is 2.40. The Morgan fingerprint density at radius 3 is 2.33 bits per heavy atom. The average molecular weight is 560 g/mol. The molecule has 0 aromatic heterocycles. The highest BCUT2D eigenvalue weighted by molar-refractivity contribution is 6.30. The summed E-state index contributed by atoms with van der Waals surface area (Å²) in [5.74, 6) is -1.67. The standard InChI is InChI=1S/C31H40ClF2N3O2/c1-6-29(38)35-19(2)25-15-21(32)7-9-23(25)20-11-13-36(14-12-20)30(39)27-18-37(31(3,4)5)17-26(27)24-10-8-22(33)16-28(24)34/h7-10,15-16,19-20,26-27H,6,11-14,17-18H2,1-5H3,(H,35,38). The van der Waals surface area contributed by atoms with Crippen LogP contribution in [0.5, 0.6) is 0 Å². The fraction of sp³-hybridized carbons (Fsp3) is 0.548. The van der Waals surface area contributed by atoms with E-state index in [2.05, 4.69) is 31.0 Å². The minimum atomic E-state index is -0.614. The summed E-state index contributed by atoms with van der Waals surface area (Å²) in [6.45, 7) is 12.4. The Morgan fingerprint density at radius 2 is 1.72 bits per heavy atom. The van der Waals surface area contributed by atoms with Crippen LogP contribution in [0.15, 0.2) is 36.4 Å². The van der Waals surface area contributed by atoms with Crippen molar-refractivity contribution in [2.24, 2.45) is 5.92 Å². The van der Waals surface area contributed by atoms with E-state index >= 15 is 0 Å². The van der Waals surface area contributed by atoms with Gasteiger partial charge < -0.3 is 10.2 Å². The molecule has 2 aliphatic rings. The number of nitrogens with one attached hydrogen (secondary N) is 1. The molecule has 5 nitrogen and oxygen atoms in total. The van der Waals surface area contributed by atoms with Gasteiger partial charge in [-0.15, -0.1) is 0 Å². The Morgan fingerprint density at radius 1 is 1.05 bits per heavy atom. The van der Waals surface area contributed by atoms with Crippen molar-refractivity contribution in [3.63, 3.8) is 0 Å². The highest BCUT2D eigenvalue weighted by Gasteiger charge is 2.44. The first-order valence-electron chi connectivity index (χ1n) is 14.0. The molecule has 2 fully saturated rings. The van der Waals surface area contributed by atoms with E-state index in [1.807, 2.05) is 36.9 Å². The topological polar surface area (TPSA) is 52.7 Å². The zero-order chi connectivity index (χ0) is 28.5. The lowest BCUT2D eigenvalue weighted by molar-refractivity contribution is -0.136. The fourth-order valence-electron chi connectivity index (χ4n) is 6.08. The number of halogens is 3. The second-order valence-electron chi connectivity index (χ2n) is 12.0. The number of carbonyl (C=O) groups is 2. The van der Waals surface area contributed by atoms with Crippen LogP contribution in [-0.2, 0) is 9.59 Å². The number of nitrogens with zero attached hydrogens (tertiary/aromatic N) is 2. The Kier molecular flexibility index (Phi) is 9.01. The van der Waals surface area contributed by atoms with Crippen LogP contribution in [0.4, 0.5) is 8.78 Å². The summed E-state index contributed by atoms with van der Waals surface area (Å²) in [7, 11) is 0. The van der Waals surface area contributed by atoms with Gasteiger partial charge in [-0.1, -0.05) is 30.7 Å². The normalized spacial score (nSPS) is 21.7. The maximum atomic E-state index is 14.9. The Balaban J connectivity index is 1.51. The van der Waals surface area contributed by atoms with E-state index in [9.17, 15) is 18.4 Å². The van der Waals surface area contributed by atoms with E-state index in [0.29, 0.717) is 43.2 Å². The molecule has 2 aromatic carbocycles. The third kappa shape index (κ3) is 6.63. The molecule has 2 saturated heterocycles. The number of rotatable bonds is 6. The van der Waals surface area contributed by atoms with Gasteiger partial charge >= 0.3 is 0 Å². The molecule has 2 heterocycles. The molecule has 3 atom stereocenters. The average Bonchev–Trinajstić information content (AvgIpc) is 3.34. The quantitative estimate of drug-likeness (QED) is 0.444. The van der Waals surface area contributed by atoms with Crippen molar-refractivity contribution in [1.29, 1.82) is 0 Å². The van der Waals surface area contributed by atoms with Crippen LogP contribution in [0.3, 0.4) is 0 Å². The van der Waals surface area contributed by atoms with Gasteiger partial charge in [-0.3, -0.25) is 14.5 Å². The second kappa shape index (κ2) is 11.9. The third-order valence-corrected chi connectivity index (χ3v) is 8.64. The minimum Gasteiger partial charge on any atom is -0.350 e. The van der Waals surface area contributed by atoms with Crippen LogP contribution in [-0.4, -0.2) is 53.3 Å². The maximum Gasteiger partial charge on any atom is 0.227 e. The van der Waals surface area contributed by atoms with Gasteiger partial charge in [0.05, 0.1) is 12.0 Å². The van der Waals surface area contributed by atoms with Gasteiger partial charge in [0.1, 0.15) is 11.6 Å². The number of likely N-dealkylation sites (tertiary alicyclic amines) is 2. The SMILES string of the molecule is CCC(=O)NC(C)c1cc(Cl)ccc1C1CCN(C(=O)C2CN(C(C)(C)C)CC2c2ccc(F)cc2F)CC1. The fourth-order valence-corrected chi connectivity index (χ4v) is 6.26. The smallest absolute Gasteiger partial charge is 0.227 e. The monoisotopic (exact) mass is 559 g/mol. The highest BCUT2D eigenvalue weighted by atomic mass is 35.5. The Labute approximate surface area is 235 Å². The van der Waals surface area contributed by atoms with Gasteiger partial charge in [-0.05, 0) is 81.3 Å². The zero-order valence-electron chi connectivity index (χ0n) is 23.6. The third-order valence-electron chi connectivity index (χ3n) is 8.41. The van der Waals surface area contributed by atoms with Gasteiger partial charge in [-0.25, -0.2) is 8.78 Å². The van der Waals surface area contributed by atoms with Crippen molar-refractivity contribution in [2.45, 2.75) is 77.3 Å². The van der Waals surface area contributed by atoms with Crippen molar-refractivity contribution < 1.29 is 18.4 Å². The van der Waals surface area contributed by atoms with E-state index in [4.69, 9.17) is 11.6 Å². The molecular formula is C31H40ClF2N3O2. The van der Waals surface area contributed by atoms with Crippen molar-refractivity contribution in [3.05, 3.63) is 69.7 Å². The molecule has 39 heavy (non-hydrogen) atoms. The molecule has 0 spiro atoms. The second-order valence-corrected chi connectivity index (χ2v) is 12.4. The Bertz CT molecular complexity index is 1210. The number of hydrogen-bond donors (Lipinski definition) is 1. The first-order chi connectivity index (χ1) is 18.4. The van der Waals surface area contributed by atoms with Gasteiger partial charge in [-0.2, -0.15) is 0 Å². The first kappa shape index (κ1) is 29.5. The van der Waals surface area contributed by atoms with Crippen molar-refractivity contribution in [2.75, 3.05) is 26.2 Å². The molecule has 0 bridgehead atoms. The molecule has 2 aliphatic heterocycles. The number of carbonyl (C=O) groups excluding carboxylic acids is 2. The minimum absolute atomic E-state index is 0.0122. The zero-order valence-corrected chi connectivity index (χ0v) is 24.3. The van der Waals surface area contributed by atoms with Crippen molar-refractivity contribution in [3.8, 4) is 0 Å². The molecule has 2 aromatic rings. The van der Waals surface area contributed by atoms with Gasteiger partial charge in [0, 0.05) is 55.1 Å². The molecule has 3 unspecified atom stereocenters. The summed E-state index contributed by atoms with van der Waals surface area (Å²) >= 11 is 6.32. The first-order valence-corrected chi connectivity index (χ1v) is 14.3. The largest absolute Gasteiger partial charge is 0.350 e. The lowest BCUT2D eigenvalue weighted by Crippen LogP contribution is -2.44. The molecule has 8 heteroatoms. The Hall–Kier alpha value is -2.51. The van der Waals surface area contributed by atoms with Crippen molar-refractivity contribution >= 4 is 23.4 Å². The summed E-state index contributed by atoms with van der Waals surface area (Å²) in [5, 5.41) is 3.67. The number of piperidine rings is 1. The predicted molar refractivity (Wildman–Crippen MR) is 151 cm³/mol. The molecule has 1 N–H and O–H groups in total. The maximum absolute atomic E-state index is 14.9.